The molecule has 102 valence electrons. The highest BCUT2D eigenvalue weighted by Gasteiger charge is 2.10. The Hall–Kier alpha value is -1.59. The number of hydrogen-bond donors (Lipinski definition) is 1. The lowest BCUT2D eigenvalue weighted by Crippen LogP contribution is -1.94. The van der Waals surface area contributed by atoms with E-state index in [0.717, 1.165) is 26.9 Å². The van der Waals surface area contributed by atoms with Crippen molar-refractivity contribution in [3.63, 3.8) is 0 Å². The topological polar surface area (TPSA) is 29.9 Å². The summed E-state index contributed by atoms with van der Waals surface area (Å²) < 4.78 is 9.34. The van der Waals surface area contributed by atoms with Crippen LogP contribution in [-0.2, 0) is 0 Å². The van der Waals surface area contributed by atoms with Crippen LogP contribution in [0.2, 0.25) is 0 Å². The van der Waals surface area contributed by atoms with Crippen molar-refractivity contribution in [1.29, 1.82) is 0 Å². The van der Waals surface area contributed by atoms with E-state index in [1.807, 2.05) is 54.0 Å². The number of aromatic nitrogens is 2. The predicted octanol–water partition coefficient (Wildman–Crippen LogP) is 4.85. The number of rotatable bonds is 3. The third-order valence-electron chi connectivity index (χ3n) is 3.05. The lowest BCUT2D eigenvalue weighted by molar-refractivity contribution is 0.343. The number of ether oxygens (including phenoxy) is 1. The number of H-pyrrole nitrogens is 1. The molecule has 0 spiro atoms. The first-order chi connectivity index (χ1) is 9.70. The molecule has 0 saturated carbocycles. The Bertz CT molecular complexity index is 822. The van der Waals surface area contributed by atoms with Crippen molar-refractivity contribution in [2.24, 2.45) is 0 Å². The van der Waals surface area contributed by atoms with Crippen molar-refractivity contribution in [1.82, 2.24) is 9.55 Å². The maximum Gasteiger partial charge on any atom is 0.182 e. The van der Waals surface area contributed by atoms with Crippen molar-refractivity contribution in [2.75, 3.05) is 6.61 Å². The lowest BCUT2D eigenvalue weighted by Gasteiger charge is -2.07. The Morgan fingerprint density at radius 1 is 1.25 bits per heavy atom. The number of aromatic amines is 1. The van der Waals surface area contributed by atoms with Crippen LogP contribution in [0.25, 0.3) is 16.7 Å². The summed E-state index contributed by atoms with van der Waals surface area (Å²) in [5.74, 6) is 0.824. The van der Waals surface area contributed by atoms with Gasteiger partial charge in [0, 0.05) is 10.2 Å². The minimum Gasteiger partial charge on any atom is -0.492 e. The van der Waals surface area contributed by atoms with E-state index in [2.05, 4.69) is 20.9 Å². The van der Waals surface area contributed by atoms with E-state index in [1.165, 1.54) is 0 Å². The number of benzene rings is 2. The molecule has 1 aromatic heterocycles. The first-order valence-electron chi connectivity index (χ1n) is 6.33. The molecular weight excluding hydrogens is 336 g/mol. The van der Waals surface area contributed by atoms with Gasteiger partial charge >= 0.3 is 0 Å². The van der Waals surface area contributed by atoms with Crippen LogP contribution in [0.5, 0.6) is 5.75 Å². The van der Waals surface area contributed by atoms with E-state index in [4.69, 9.17) is 17.0 Å². The van der Waals surface area contributed by atoms with Gasteiger partial charge in [-0.25, -0.2) is 0 Å². The maximum atomic E-state index is 5.65. The highest BCUT2D eigenvalue weighted by atomic mass is 79.9. The van der Waals surface area contributed by atoms with Gasteiger partial charge in [0.05, 0.1) is 12.1 Å². The quantitative estimate of drug-likeness (QED) is 0.685. The molecule has 0 bridgehead atoms. The number of imidazole rings is 1. The van der Waals surface area contributed by atoms with Crippen LogP contribution in [0.15, 0.2) is 46.9 Å². The number of nitrogens with zero attached hydrogens (tertiary/aromatic N) is 1. The molecule has 0 unspecified atom stereocenters. The second kappa shape index (κ2) is 5.42. The molecule has 1 N–H and O–H groups in total. The molecule has 0 aliphatic rings. The van der Waals surface area contributed by atoms with E-state index in [9.17, 15) is 0 Å². The Morgan fingerprint density at radius 2 is 2.05 bits per heavy atom. The Morgan fingerprint density at radius 3 is 2.80 bits per heavy atom. The molecule has 1 heterocycles. The molecule has 3 rings (SSSR count). The third-order valence-corrected chi connectivity index (χ3v) is 3.82. The molecule has 0 saturated heterocycles. The molecule has 0 aliphatic heterocycles. The second-order valence-corrected chi connectivity index (χ2v) is 5.63. The molecule has 0 radical (unpaired) electrons. The zero-order valence-electron chi connectivity index (χ0n) is 10.9. The van der Waals surface area contributed by atoms with Crippen LogP contribution in [0, 0.1) is 4.77 Å². The Kier molecular flexibility index (Phi) is 3.63. The van der Waals surface area contributed by atoms with Crippen molar-refractivity contribution in [2.45, 2.75) is 6.92 Å². The fourth-order valence-corrected chi connectivity index (χ4v) is 2.94. The van der Waals surface area contributed by atoms with Gasteiger partial charge in [-0.15, -0.1) is 0 Å². The van der Waals surface area contributed by atoms with Gasteiger partial charge in [-0.05, 0) is 49.5 Å². The smallest absolute Gasteiger partial charge is 0.182 e. The SMILES string of the molecule is CCOc1cccc2c1[nH]c(=S)n2-c1cccc(Br)c1. The number of hydrogen-bond acceptors (Lipinski definition) is 2. The van der Waals surface area contributed by atoms with Crippen molar-refractivity contribution >= 4 is 39.2 Å². The highest BCUT2D eigenvalue weighted by molar-refractivity contribution is 9.10. The van der Waals surface area contributed by atoms with Crippen LogP contribution in [0.1, 0.15) is 6.92 Å². The molecular formula is C15H13BrN2OS. The zero-order valence-corrected chi connectivity index (χ0v) is 13.3. The molecule has 2 aromatic carbocycles. The maximum absolute atomic E-state index is 5.65. The standard InChI is InChI=1S/C15H13BrN2OS/c1-2-19-13-8-4-7-12-14(13)17-15(20)18(12)11-6-3-5-10(16)9-11/h3-9H,2H2,1H3,(H,17,20). The molecule has 20 heavy (non-hydrogen) atoms. The van der Waals surface area contributed by atoms with Gasteiger partial charge in [0.2, 0.25) is 0 Å². The molecule has 0 fully saturated rings. The Labute approximate surface area is 130 Å². The average Bonchev–Trinajstić information content (AvgIpc) is 2.76. The summed E-state index contributed by atoms with van der Waals surface area (Å²) in [5.41, 5.74) is 2.96. The van der Waals surface area contributed by atoms with E-state index < -0.39 is 0 Å². The van der Waals surface area contributed by atoms with Gasteiger partial charge in [-0.3, -0.25) is 4.57 Å². The Balaban J connectivity index is 2.29. The van der Waals surface area contributed by atoms with Crippen LogP contribution in [-0.4, -0.2) is 16.2 Å². The van der Waals surface area contributed by atoms with Gasteiger partial charge in [-0.2, -0.15) is 0 Å². The summed E-state index contributed by atoms with van der Waals surface area (Å²) in [7, 11) is 0. The molecule has 5 heteroatoms. The van der Waals surface area contributed by atoms with E-state index >= 15 is 0 Å². The fraction of sp³-hybridized carbons (Fsp3) is 0.133. The largest absolute Gasteiger partial charge is 0.492 e. The van der Waals surface area contributed by atoms with Crippen molar-refractivity contribution < 1.29 is 4.74 Å². The summed E-state index contributed by atoms with van der Waals surface area (Å²) in [6.45, 7) is 2.60. The molecule has 0 aliphatic carbocycles. The zero-order chi connectivity index (χ0) is 14.1. The molecule has 0 atom stereocenters. The van der Waals surface area contributed by atoms with Crippen molar-refractivity contribution in [3.05, 3.63) is 51.7 Å². The summed E-state index contributed by atoms with van der Waals surface area (Å²) in [5, 5.41) is 0. The lowest BCUT2D eigenvalue weighted by atomic mass is 10.2. The summed E-state index contributed by atoms with van der Waals surface area (Å²) in [4.78, 5) is 3.24. The van der Waals surface area contributed by atoms with Crippen LogP contribution >= 0.6 is 28.1 Å². The van der Waals surface area contributed by atoms with E-state index in [1.54, 1.807) is 0 Å². The second-order valence-electron chi connectivity index (χ2n) is 4.33. The van der Waals surface area contributed by atoms with Crippen LogP contribution in [0.3, 0.4) is 0 Å². The number of nitrogens with one attached hydrogen (secondary N) is 1. The van der Waals surface area contributed by atoms with Crippen LogP contribution in [0.4, 0.5) is 0 Å². The monoisotopic (exact) mass is 348 g/mol. The first-order valence-corrected chi connectivity index (χ1v) is 7.53. The normalized spacial score (nSPS) is 10.9. The molecule has 3 aromatic rings. The summed E-state index contributed by atoms with van der Waals surface area (Å²) in [6.07, 6.45) is 0. The van der Waals surface area contributed by atoms with Crippen molar-refractivity contribution in [3.8, 4) is 11.4 Å². The van der Waals surface area contributed by atoms with Gasteiger partial charge < -0.3 is 9.72 Å². The van der Waals surface area contributed by atoms with Gasteiger partial charge in [0.15, 0.2) is 4.77 Å². The summed E-state index contributed by atoms with van der Waals surface area (Å²) >= 11 is 8.95. The van der Waals surface area contributed by atoms with Crippen LogP contribution < -0.4 is 4.74 Å². The number of halogens is 1. The predicted molar refractivity (Wildman–Crippen MR) is 87.3 cm³/mol. The minimum atomic E-state index is 0.627. The number of para-hydroxylation sites is 1. The first kappa shape index (κ1) is 13.4. The third kappa shape index (κ3) is 2.27. The molecule has 3 nitrogen and oxygen atoms in total. The highest BCUT2D eigenvalue weighted by Crippen LogP contribution is 2.28. The van der Waals surface area contributed by atoms with Gasteiger partial charge in [0.1, 0.15) is 11.3 Å². The fourth-order valence-electron chi connectivity index (χ4n) is 2.25. The van der Waals surface area contributed by atoms with E-state index in [-0.39, 0.29) is 0 Å². The minimum absolute atomic E-state index is 0.627. The van der Waals surface area contributed by atoms with Gasteiger partial charge in [0.25, 0.3) is 0 Å². The van der Waals surface area contributed by atoms with E-state index in [0.29, 0.717) is 11.4 Å². The average molecular weight is 349 g/mol. The summed E-state index contributed by atoms with van der Waals surface area (Å²) in [6, 6.07) is 14.0. The molecule has 0 amide bonds. The number of fused-ring (bicyclic) bond motifs is 1. The van der Waals surface area contributed by atoms with Gasteiger partial charge in [-0.1, -0.05) is 28.1 Å².